The molecule has 2 N–H and O–H groups in total. The van der Waals surface area contributed by atoms with Crippen LogP contribution in [0.2, 0.25) is 0 Å². The summed E-state index contributed by atoms with van der Waals surface area (Å²) in [5.74, 6) is 1.64. The molecule has 0 radical (unpaired) electrons. The van der Waals surface area contributed by atoms with Gasteiger partial charge in [0.2, 0.25) is 12.3 Å². The summed E-state index contributed by atoms with van der Waals surface area (Å²) in [4.78, 5) is 20.8. The van der Waals surface area contributed by atoms with Crippen LogP contribution in [0, 0.1) is 11.3 Å². The van der Waals surface area contributed by atoms with Crippen molar-refractivity contribution in [2.24, 2.45) is 11.3 Å². The zero-order valence-electron chi connectivity index (χ0n) is 11.7. The smallest absolute Gasteiger partial charge is 0.225 e. The summed E-state index contributed by atoms with van der Waals surface area (Å²) in [6, 6.07) is 0. The molecule has 0 unspecified atom stereocenters. The summed E-state index contributed by atoms with van der Waals surface area (Å²) in [7, 11) is 0. The van der Waals surface area contributed by atoms with Gasteiger partial charge in [-0.1, -0.05) is 20.8 Å². The second-order valence-electron chi connectivity index (χ2n) is 5.29. The van der Waals surface area contributed by atoms with Gasteiger partial charge in [0.15, 0.2) is 0 Å². The Labute approximate surface area is 116 Å². The summed E-state index contributed by atoms with van der Waals surface area (Å²) in [6.45, 7) is 7.88. The van der Waals surface area contributed by atoms with E-state index in [9.17, 15) is 9.59 Å². The van der Waals surface area contributed by atoms with Gasteiger partial charge in [-0.25, -0.2) is 0 Å². The van der Waals surface area contributed by atoms with Crippen LogP contribution in [0.3, 0.4) is 0 Å². The molecule has 1 fully saturated rings. The van der Waals surface area contributed by atoms with Gasteiger partial charge < -0.3 is 10.6 Å². The minimum Gasteiger partial charge on any atom is -0.358 e. The lowest BCUT2D eigenvalue weighted by Gasteiger charge is -2.10. The Bertz CT molecular complexity index is 253. The van der Waals surface area contributed by atoms with Crippen LogP contribution in [-0.4, -0.2) is 31.2 Å². The van der Waals surface area contributed by atoms with Crippen LogP contribution in [0.4, 0.5) is 0 Å². The third-order valence-corrected chi connectivity index (χ3v) is 3.12. The lowest BCUT2D eigenvalue weighted by molar-refractivity contribution is -0.125. The maximum Gasteiger partial charge on any atom is 0.225 e. The maximum absolute atomic E-state index is 11.4. The normalized spacial score (nSPS) is 15.4. The molecule has 1 saturated carbocycles. The molecule has 0 saturated heterocycles. The largest absolute Gasteiger partial charge is 0.358 e. The summed E-state index contributed by atoms with van der Waals surface area (Å²) < 4.78 is 0. The Morgan fingerprint density at radius 2 is 2.00 bits per heavy atom. The number of amides is 2. The van der Waals surface area contributed by atoms with Gasteiger partial charge in [0.05, 0.1) is 0 Å². The highest BCUT2D eigenvalue weighted by Crippen LogP contribution is 2.44. The van der Waals surface area contributed by atoms with Gasteiger partial charge >= 0.3 is 0 Å². The second kappa shape index (κ2) is 9.25. The summed E-state index contributed by atoms with van der Waals surface area (Å²) in [6.07, 6.45) is 3.89. The summed E-state index contributed by atoms with van der Waals surface area (Å²) in [5.41, 5.74) is -0.00300. The monoisotopic (exact) mass is 274 g/mol. The fourth-order valence-corrected chi connectivity index (χ4v) is 1.35. The molecule has 5 heteroatoms. The molecule has 106 valence electrons. The second-order valence-corrected chi connectivity index (χ2v) is 5.74. The molecule has 0 aromatic heterocycles. The molecule has 1 rings (SSSR count). The van der Waals surface area contributed by atoms with Gasteiger partial charge in [-0.05, 0) is 25.2 Å². The molecular formula is C13H26N2O2S. The SMILES string of the molecule is CC(C)CCNC(=O)C1(C)CC1.O=CNCCS. The first-order valence-corrected chi connectivity index (χ1v) is 7.15. The highest BCUT2D eigenvalue weighted by molar-refractivity contribution is 7.80. The molecule has 0 aliphatic heterocycles. The van der Waals surface area contributed by atoms with Crippen LogP contribution >= 0.6 is 12.6 Å². The van der Waals surface area contributed by atoms with E-state index < -0.39 is 0 Å². The van der Waals surface area contributed by atoms with Crippen molar-refractivity contribution in [2.45, 2.75) is 40.0 Å². The Morgan fingerprint density at radius 1 is 1.39 bits per heavy atom. The third-order valence-electron chi connectivity index (χ3n) is 2.89. The molecule has 0 bridgehead atoms. The Morgan fingerprint density at radius 3 is 2.33 bits per heavy atom. The molecule has 4 nitrogen and oxygen atoms in total. The molecule has 2 amide bonds. The highest BCUT2D eigenvalue weighted by Gasteiger charge is 2.44. The quantitative estimate of drug-likeness (QED) is 0.375. The van der Waals surface area contributed by atoms with E-state index in [1.165, 1.54) is 0 Å². The van der Waals surface area contributed by atoms with E-state index in [1.807, 2.05) is 6.92 Å². The van der Waals surface area contributed by atoms with Gasteiger partial charge in [0.1, 0.15) is 0 Å². The minimum absolute atomic E-state index is 0.00300. The maximum atomic E-state index is 11.4. The van der Waals surface area contributed by atoms with Crippen LogP contribution in [0.5, 0.6) is 0 Å². The van der Waals surface area contributed by atoms with Gasteiger partial charge in [0, 0.05) is 24.3 Å². The van der Waals surface area contributed by atoms with Gasteiger partial charge in [-0.15, -0.1) is 0 Å². The summed E-state index contributed by atoms with van der Waals surface area (Å²) >= 11 is 3.83. The molecule has 18 heavy (non-hydrogen) atoms. The van der Waals surface area contributed by atoms with E-state index in [2.05, 4.69) is 37.1 Å². The first-order chi connectivity index (χ1) is 8.46. The highest BCUT2D eigenvalue weighted by atomic mass is 32.1. The summed E-state index contributed by atoms with van der Waals surface area (Å²) in [5, 5.41) is 5.42. The Hall–Kier alpha value is -0.710. The predicted octanol–water partition coefficient (Wildman–Crippen LogP) is 1.61. The molecule has 0 heterocycles. The van der Waals surface area contributed by atoms with E-state index in [-0.39, 0.29) is 11.3 Å². The van der Waals surface area contributed by atoms with Crippen LogP contribution in [0.15, 0.2) is 0 Å². The first kappa shape index (κ1) is 17.3. The molecule has 0 aromatic rings. The van der Waals surface area contributed by atoms with Crippen LogP contribution in [-0.2, 0) is 9.59 Å². The average molecular weight is 274 g/mol. The number of rotatable bonds is 7. The number of thiol groups is 1. The zero-order chi connectivity index (χ0) is 14.0. The molecule has 1 aliphatic carbocycles. The van der Waals surface area contributed by atoms with Gasteiger partial charge in [-0.2, -0.15) is 12.6 Å². The van der Waals surface area contributed by atoms with Crippen molar-refractivity contribution < 1.29 is 9.59 Å². The van der Waals surface area contributed by atoms with Crippen LogP contribution in [0.25, 0.3) is 0 Å². The fourth-order valence-electron chi connectivity index (χ4n) is 1.23. The predicted molar refractivity (Wildman–Crippen MR) is 77.7 cm³/mol. The lowest BCUT2D eigenvalue weighted by atomic mass is 10.1. The average Bonchev–Trinajstić information content (AvgIpc) is 3.06. The lowest BCUT2D eigenvalue weighted by Crippen LogP contribution is -2.31. The number of hydrogen-bond donors (Lipinski definition) is 3. The minimum atomic E-state index is -0.00300. The van der Waals surface area contributed by atoms with Crippen molar-refractivity contribution in [1.82, 2.24) is 10.6 Å². The van der Waals surface area contributed by atoms with E-state index in [1.54, 1.807) is 0 Å². The van der Waals surface area contributed by atoms with Crippen molar-refractivity contribution in [3.63, 3.8) is 0 Å². The van der Waals surface area contributed by atoms with Gasteiger partial charge in [0.25, 0.3) is 0 Å². The topological polar surface area (TPSA) is 58.2 Å². The Kier molecular flexibility index (Phi) is 8.89. The molecule has 0 aromatic carbocycles. The Balaban J connectivity index is 0.000000411. The number of carbonyl (C=O) groups is 2. The van der Waals surface area contributed by atoms with E-state index in [0.29, 0.717) is 24.6 Å². The molecule has 0 atom stereocenters. The first-order valence-electron chi connectivity index (χ1n) is 6.52. The zero-order valence-corrected chi connectivity index (χ0v) is 12.6. The van der Waals surface area contributed by atoms with Crippen molar-refractivity contribution in [2.75, 3.05) is 18.8 Å². The standard InChI is InChI=1S/C10H19NO.C3H7NOS/c1-8(2)4-7-11-9(12)10(3)5-6-10;5-3-4-1-2-6/h8H,4-7H2,1-3H3,(H,11,12);3,6H,1-2H2,(H,4,5). The van der Waals surface area contributed by atoms with Crippen molar-refractivity contribution in [1.29, 1.82) is 0 Å². The fraction of sp³-hybridized carbons (Fsp3) is 0.846. The molecule has 1 aliphatic rings. The van der Waals surface area contributed by atoms with Crippen molar-refractivity contribution in [3.8, 4) is 0 Å². The number of carbonyl (C=O) groups excluding carboxylic acids is 2. The number of nitrogens with one attached hydrogen (secondary N) is 2. The molecular weight excluding hydrogens is 248 g/mol. The van der Waals surface area contributed by atoms with Crippen LogP contribution < -0.4 is 10.6 Å². The van der Waals surface area contributed by atoms with Crippen molar-refractivity contribution >= 4 is 24.9 Å². The van der Waals surface area contributed by atoms with Gasteiger partial charge in [-0.3, -0.25) is 9.59 Å². The third kappa shape index (κ3) is 8.39. The van der Waals surface area contributed by atoms with E-state index in [0.717, 1.165) is 25.8 Å². The van der Waals surface area contributed by atoms with E-state index >= 15 is 0 Å². The van der Waals surface area contributed by atoms with Crippen LogP contribution in [0.1, 0.15) is 40.0 Å². The van der Waals surface area contributed by atoms with E-state index in [4.69, 9.17) is 0 Å². The number of hydrogen-bond acceptors (Lipinski definition) is 3. The van der Waals surface area contributed by atoms with Crippen molar-refractivity contribution in [3.05, 3.63) is 0 Å². The molecule has 0 spiro atoms.